The lowest BCUT2D eigenvalue weighted by atomic mass is 10.0. The number of aromatic nitrogens is 2. The minimum absolute atomic E-state index is 0.548. The molecule has 4 nitrogen and oxygen atoms in total. The number of piperidine rings is 1. The van der Waals surface area contributed by atoms with Crippen LogP contribution in [0.1, 0.15) is 32.0 Å². The fourth-order valence-corrected chi connectivity index (χ4v) is 2.01. The molecule has 1 saturated heterocycles. The smallest absolute Gasteiger partial charge is 0.155 e. The summed E-state index contributed by atoms with van der Waals surface area (Å²) in [7, 11) is 0. The average Bonchev–Trinajstić information content (AvgIpc) is 2.33. The molecular formula is C12H19N3O. The molecule has 16 heavy (non-hydrogen) atoms. The number of rotatable bonds is 4. The lowest BCUT2D eigenvalue weighted by Gasteiger charge is -2.22. The normalized spacial score (nSPS) is 20.7. The molecule has 2 rings (SSSR count). The van der Waals surface area contributed by atoms with Gasteiger partial charge in [0, 0.05) is 12.5 Å². The monoisotopic (exact) mass is 221 g/mol. The summed E-state index contributed by atoms with van der Waals surface area (Å²) in [6.45, 7) is 3.74. The SMILES string of the molecule is CCOc1cnc(CC2CCCCN2)nc1. The van der Waals surface area contributed by atoms with Crippen molar-refractivity contribution in [2.45, 2.75) is 38.6 Å². The van der Waals surface area contributed by atoms with Crippen LogP contribution in [0.2, 0.25) is 0 Å². The van der Waals surface area contributed by atoms with Gasteiger partial charge >= 0.3 is 0 Å². The van der Waals surface area contributed by atoms with E-state index in [4.69, 9.17) is 4.74 Å². The second-order valence-corrected chi connectivity index (χ2v) is 4.12. The molecule has 0 radical (unpaired) electrons. The zero-order valence-electron chi connectivity index (χ0n) is 9.78. The summed E-state index contributed by atoms with van der Waals surface area (Å²) in [5.74, 6) is 1.66. The first kappa shape index (κ1) is 11.3. The Morgan fingerprint density at radius 1 is 1.38 bits per heavy atom. The molecule has 0 aromatic carbocycles. The molecule has 0 saturated carbocycles. The fraction of sp³-hybridized carbons (Fsp3) is 0.667. The molecule has 0 aliphatic carbocycles. The molecule has 88 valence electrons. The Bertz CT molecular complexity index is 307. The van der Waals surface area contributed by atoms with Crippen molar-refractivity contribution in [2.24, 2.45) is 0 Å². The molecule has 0 spiro atoms. The summed E-state index contributed by atoms with van der Waals surface area (Å²) < 4.78 is 5.31. The zero-order valence-corrected chi connectivity index (χ0v) is 9.78. The molecule has 0 amide bonds. The maximum Gasteiger partial charge on any atom is 0.155 e. The van der Waals surface area contributed by atoms with Gasteiger partial charge in [-0.3, -0.25) is 0 Å². The highest BCUT2D eigenvalue weighted by atomic mass is 16.5. The van der Waals surface area contributed by atoms with Gasteiger partial charge in [-0.1, -0.05) is 6.42 Å². The van der Waals surface area contributed by atoms with E-state index in [2.05, 4.69) is 15.3 Å². The van der Waals surface area contributed by atoms with E-state index in [9.17, 15) is 0 Å². The molecule has 1 aliphatic rings. The van der Waals surface area contributed by atoms with Crippen LogP contribution in [0.3, 0.4) is 0 Å². The minimum Gasteiger partial charge on any atom is -0.491 e. The predicted octanol–water partition coefficient (Wildman–Crippen LogP) is 1.56. The van der Waals surface area contributed by atoms with Crippen LogP contribution in [0, 0.1) is 0 Å². The van der Waals surface area contributed by atoms with Gasteiger partial charge in [-0.25, -0.2) is 9.97 Å². The van der Waals surface area contributed by atoms with Gasteiger partial charge in [-0.05, 0) is 26.3 Å². The van der Waals surface area contributed by atoms with Gasteiger partial charge in [0.2, 0.25) is 0 Å². The second kappa shape index (κ2) is 5.80. The number of hydrogen-bond acceptors (Lipinski definition) is 4. The molecule has 0 bridgehead atoms. The van der Waals surface area contributed by atoms with Gasteiger partial charge in [0.15, 0.2) is 5.75 Å². The minimum atomic E-state index is 0.548. The first-order valence-corrected chi connectivity index (χ1v) is 6.05. The summed E-state index contributed by atoms with van der Waals surface area (Å²) in [5, 5.41) is 3.50. The van der Waals surface area contributed by atoms with E-state index < -0.39 is 0 Å². The van der Waals surface area contributed by atoms with Crippen LogP contribution in [0.15, 0.2) is 12.4 Å². The maximum absolute atomic E-state index is 5.31. The Hall–Kier alpha value is -1.16. The van der Waals surface area contributed by atoms with Gasteiger partial charge in [0.25, 0.3) is 0 Å². The quantitative estimate of drug-likeness (QED) is 0.838. The van der Waals surface area contributed by atoms with E-state index in [1.807, 2.05) is 6.92 Å². The average molecular weight is 221 g/mol. The molecule has 1 aromatic rings. The van der Waals surface area contributed by atoms with Gasteiger partial charge in [-0.2, -0.15) is 0 Å². The number of ether oxygens (including phenoxy) is 1. The third kappa shape index (κ3) is 3.17. The summed E-state index contributed by atoms with van der Waals surface area (Å²) >= 11 is 0. The van der Waals surface area contributed by atoms with Crippen LogP contribution < -0.4 is 10.1 Å². The van der Waals surface area contributed by atoms with Crippen LogP contribution >= 0.6 is 0 Å². The second-order valence-electron chi connectivity index (χ2n) is 4.12. The Balaban J connectivity index is 1.88. The van der Waals surface area contributed by atoms with Gasteiger partial charge in [0.05, 0.1) is 19.0 Å². The number of hydrogen-bond donors (Lipinski definition) is 1. The maximum atomic E-state index is 5.31. The van der Waals surface area contributed by atoms with Crippen LogP contribution in [-0.2, 0) is 6.42 Å². The van der Waals surface area contributed by atoms with Crippen molar-refractivity contribution in [1.82, 2.24) is 15.3 Å². The van der Waals surface area contributed by atoms with Gasteiger partial charge in [0.1, 0.15) is 5.82 Å². The van der Waals surface area contributed by atoms with Crippen molar-refractivity contribution in [2.75, 3.05) is 13.2 Å². The summed E-state index contributed by atoms with van der Waals surface area (Å²) in [5.41, 5.74) is 0. The molecule has 1 fully saturated rings. The molecule has 1 aliphatic heterocycles. The molecule has 1 aromatic heterocycles. The molecule has 1 atom stereocenters. The summed E-state index contributed by atoms with van der Waals surface area (Å²) in [4.78, 5) is 8.63. The third-order valence-corrected chi connectivity index (χ3v) is 2.83. The highest BCUT2D eigenvalue weighted by molar-refractivity contribution is 5.12. The first-order chi connectivity index (χ1) is 7.88. The number of nitrogens with zero attached hydrogens (tertiary/aromatic N) is 2. The van der Waals surface area contributed by atoms with E-state index in [1.54, 1.807) is 12.4 Å². The Labute approximate surface area is 96.4 Å². The topological polar surface area (TPSA) is 47.0 Å². The lowest BCUT2D eigenvalue weighted by molar-refractivity contribution is 0.336. The van der Waals surface area contributed by atoms with Crippen molar-refractivity contribution in [1.29, 1.82) is 0 Å². The first-order valence-electron chi connectivity index (χ1n) is 6.05. The van der Waals surface area contributed by atoms with Crippen molar-refractivity contribution in [3.05, 3.63) is 18.2 Å². The van der Waals surface area contributed by atoms with Crippen LogP contribution in [0.25, 0.3) is 0 Å². The van der Waals surface area contributed by atoms with Crippen LogP contribution in [-0.4, -0.2) is 29.2 Å². The standard InChI is InChI=1S/C12H19N3O/c1-2-16-11-8-14-12(15-9-11)7-10-5-3-4-6-13-10/h8-10,13H,2-7H2,1H3. The summed E-state index contributed by atoms with van der Waals surface area (Å²) in [6, 6.07) is 0.548. The highest BCUT2D eigenvalue weighted by Crippen LogP contribution is 2.12. The Kier molecular flexibility index (Phi) is 4.10. The van der Waals surface area contributed by atoms with Crippen LogP contribution in [0.5, 0.6) is 5.75 Å². The lowest BCUT2D eigenvalue weighted by Crippen LogP contribution is -2.36. The van der Waals surface area contributed by atoms with Crippen molar-refractivity contribution in [3.63, 3.8) is 0 Å². The van der Waals surface area contributed by atoms with E-state index in [0.717, 1.165) is 24.5 Å². The van der Waals surface area contributed by atoms with E-state index in [1.165, 1.54) is 19.3 Å². The summed E-state index contributed by atoms with van der Waals surface area (Å²) in [6.07, 6.45) is 8.28. The molecule has 1 unspecified atom stereocenters. The molecule has 2 heterocycles. The zero-order chi connectivity index (χ0) is 11.2. The fourth-order valence-electron chi connectivity index (χ4n) is 2.01. The Morgan fingerprint density at radius 2 is 2.19 bits per heavy atom. The predicted molar refractivity (Wildman–Crippen MR) is 62.5 cm³/mol. The van der Waals surface area contributed by atoms with E-state index >= 15 is 0 Å². The highest BCUT2D eigenvalue weighted by Gasteiger charge is 2.14. The largest absolute Gasteiger partial charge is 0.491 e. The van der Waals surface area contributed by atoms with Crippen LogP contribution in [0.4, 0.5) is 0 Å². The molecular weight excluding hydrogens is 202 g/mol. The van der Waals surface area contributed by atoms with Crippen molar-refractivity contribution < 1.29 is 4.74 Å². The molecule has 4 heteroatoms. The van der Waals surface area contributed by atoms with Gasteiger partial charge < -0.3 is 10.1 Å². The third-order valence-electron chi connectivity index (χ3n) is 2.83. The van der Waals surface area contributed by atoms with Crippen molar-refractivity contribution in [3.8, 4) is 5.75 Å². The Morgan fingerprint density at radius 3 is 2.81 bits per heavy atom. The van der Waals surface area contributed by atoms with E-state index in [0.29, 0.717) is 12.6 Å². The van der Waals surface area contributed by atoms with Gasteiger partial charge in [-0.15, -0.1) is 0 Å². The van der Waals surface area contributed by atoms with Crippen molar-refractivity contribution >= 4 is 0 Å². The molecule has 1 N–H and O–H groups in total. The van der Waals surface area contributed by atoms with E-state index in [-0.39, 0.29) is 0 Å². The number of nitrogens with one attached hydrogen (secondary N) is 1.